The largest absolute Gasteiger partial charge is 0.487 e. The number of rotatable bonds is 11. The Hall–Kier alpha value is -3.54. The molecule has 1 aliphatic rings. The fraction of sp³-hybridized carbons (Fsp3) is 0.200. The van der Waals surface area contributed by atoms with Crippen molar-refractivity contribution in [2.24, 2.45) is 5.10 Å². The van der Waals surface area contributed by atoms with Gasteiger partial charge in [-0.3, -0.25) is 4.79 Å². The molecule has 230 valence electrons. The highest BCUT2D eigenvalue weighted by molar-refractivity contribution is 7.80. The number of halogens is 4. The molecule has 0 saturated heterocycles. The van der Waals surface area contributed by atoms with E-state index >= 15 is 0 Å². The third kappa shape index (κ3) is 8.55. The third-order valence-corrected chi connectivity index (χ3v) is 7.61. The van der Waals surface area contributed by atoms with E-state index in [1.54, 1.807) is 62.4 Å². The first-order valence-electron chi connectivity index (χ1n) is 13.1. The third-order valence-electron chi connectivity index (χ3n) is 6.15. The number of para-hydroxylation sites is 1. The molecule has 3 N–H and O–H groups in total. The Balaban J connectivity index is 1.44. The molecule has 0 bridgehead atoms. The highest BCUT2D eigenvalue weighted by Gasteiger charge is 2.32. The summed E-state index contributed by atoms with van der Waals surface area (Å²) in [6.07, 6.45) is 1.35. The van der Waals surface area contributed by atoms with Gasteiger partial charge in [0, 0.05) is 21.8 Å². The zero-order chi connectivity index (χ0) is 31.8. The molecule has 0 saturated carbocycles. The maximum Gasteiger partial charge on any atom is 0.338 e. The molecule has 44 heavy (non-hydrogen) atoms. The topological polar surface area (TPSA) is 110 Å². The number of nitrogens with zero attached hydrogens (tertiary/aromatic N) is 1. The summed E-state index contributed by atoms with van der Waals surface area (Å²) in [6.45, 7) is 3.43. The van der Waals surface area contributed by atoms with Crippen molar-refractivity contribution < 1.29 is 23.8 Å². The summed E-state index contributed by atoms with van der Waals surface area (Å²) >= 11 is 30.0. The maximum atomic E-state index is 12.8. The summed E-state index contributed by atoms with van der Waals surface area (Å²) in [5.41, 5.74) is 5.10. The van der Waals surface area contributed by atoms with Crippen molar-refractivity contribution in [3.05, 3.63) is 103 Å². The number of carbonyl (C=O) groups excluding carboxylic acids is 2. The standard InChI is InChI=1S/C30H26Cl4N4O5S/c1-3-41-29(40)26-16(2)36-30(44)37-27(26)20-6-4-5-7-24(20)42-15-25(39)38-35-13-18-11-19(31)12-23(34)28(18)43-14-17-8-9-21(32)22(33)10-17/h4-13,27H,3,14-15H2,1-2H3,(H,38,39)(H2,36,37,44)/t27-/m1/s1. The second kappa shape index (κ2) is 15.5. The number of hydrazone groups is 1. The van der Waals surface area contributed by atoms with Crippen molar-refractivity contribution in [3.63, 3.8) is 0 Å². The first kappa shape index (κ1) is 33.4. The zero-order valence-corrected chi connectivity index (χ0v) is 27.2. The van der Waals surface area contributed by atoms with Crippen LogP contribution in [0.4, 0.5) is 0 Å². The lowest BCUT2D eigenvalue weighted by Crippen LogP contribution is -2.45. The van der Waals surface area contributed by atoms with Gasteiger partial charge in [0.1, 0.15) is 18.1 Å². The molecule has 3 aromatic rings. The number of allylic oxidation sites excluding steroid dienone is 1. The average molecular weight is 696 g/mol. The molecule has 3 aromatic carbocycles. The van der Waals surface area contributed by atoms with E-state index in [2.05, 4.69) is 21.2 Å². The number of benzene rings is 3. The van der Waals surface area contributed by atoms with Crippen molar-refractivity contribution in [2.75, 3.05) is 13.2 Å². The van der Waals surface area contributed by atoms with Gasteiger partial charge in [-0.05, 0) is 62.0 Å². The van der Waals surface area contributed by atoms with Crippen LogP contribution in [-0.4, -0.2) is 36.4 Å². The molecule has 1 atom stereocenters. The van der Waals surface area contributed by atoms with Crippen LogP contribution in [0.2, 0.25) is 20.1 Å². The second-order valence-corrected chi connectivity index (χ2v) is 11.3. The van der Waals surface area contributed by atoms with E-state index in [-0.39, 0.29) is 24.8 Å². The Morgan fingerprint density at radius 3 is 2.55 bits per heavy atom. The minimum atomic E-state index is -0.657. The van der Waals surface area contributed by atoms with Crippen LogP contribution >= 0.6 is 58.6 Å². The molecule has 0 aliphatic carbocycles. The summed E-state index contributed by atoms with van der Waals surface area (Å²) in [4.78, 5) is 25.4. The lowest BCUT2D eigenvalue weighted by atomic mass is 9.95. The Labute approximate surface area is 279 Å². The monoisotopic (exact) mass is 694 g/mol. The number of hydrogen-bond donors (Lipinski definition) is 3. The molecular weight excluding hydrogens is 670 g/mol. The smallest absolute Gasteiger partial charge is 0.338 e. The van der Waals surface area contributed by atoms with Crippen LogP contribution in [0.3, 0.4) is 0 Å². The molecule has 0 unspecified atom stereocenters. The van der Waals surface area contributed by atoms with Crippen LogP contribution in [-0.2, 0) is 20.9 Å². The molecule has 1 heterocycles. The predicted molar refractivity (Wildman–Crippen MR) is 176 cm³/mol. The summed E-state index contributed by atoms with van der Waals surface area (Å²) in [5, 5.41) is 11.8. The van der Waals surface area contributed by atoms with E-state index in [0.29, 0.717) is 54.1 Å². The van der Waals surface area contributed by atoms with Crippen molar-refractivity contribution in [3.8, 4) is 11.5 Å². The van der Waals surface area contributed by atoms with Crippen molar-refractivity contribution in [1.82, 2.24) is 16.1 Å². The van der Waals surface area contributed by atoms with Crippen LogP contribution in [0, 0.1) is 0 Å². The normalized spacial score (nSPS) is 14.6. The van der Waals surface area contributed by atoms with Crippen LogP contribution in [0.1, 0.15) is 36.6 Å². The van der Waals surface area contributed by atoms with Crippen LogP contribution < -0.4 is 25.5 Å². The number of carbonyl (C=O) groups is 2. The molecule has 0 aromatic heterocycles. The Kier molecular flexibility index (Phi) is 11.7. The van der Waals surface area contributed by atoms with Gasteiger partial charge in [0.05, 0.1) is 39.5 Å². The van der Waals surface area contributed by atoms with Crippen LogP contribution in [0.15, 0.2) is 71.0 Å². The van der Waals surface area contributed by atoms with E-state index in [1.165, 1.54) is 12.3 Å². The quantitative estimate of drug-likeness (QED) is 0.0874. The highest BCUT2D eigenvalue weighted by Crippen LogP contribution is 2.34. The van der Waals surface area contributed by atoms with Gasteiger partial charge in [-0.1, -0.05) is 70.7 Å². The minimum Gasteiger partial charge on any atom is -0.487 e. The number of hydrogen-bond acceptors (Lipinski definition) is 7. The van der Waals surface area contributed by atoms with Gasteiger partial charge < -0.3 is 24.8 Å². The van der Waals surface area contributed by atoms with E-state index in [4.69, 9.17) is 72.8 Å². The zero-order valence-electron chi connectivity index (χ0n) is 23.4. The molecule has 4 rings (SSSR count). The Morgan fingerprint density at radius 2 is 1.80 bits per heavy atom. The fourth-order valence-corrected chi connectivity index (χ4v) is 5.38. The van der Waals surface area contributed by atoms with Crippen molar-refractivity contribution in [2.45, 2.75) is 26.5 Å². The first-order chi connectivity index (χ1) is 21.1. The van der Waals surface area contributed by atoms with Gasteiger partial charge in [-0.15, -0.1) is 0 Å². The highest BCUT2D eigenvalue weighted by atomic mass is 35.5. The number of nitrogens with one attached hydrogen (secondary N) is 3. The number of thiocarbonyl (C=S) groups is 1. The molecule has 1 amide bonds. The van der Waals surface area contributed by atoms with Crippen LogP contribution in [0.5, 0.6) is 11.5 Å². The molecule has 9 nitrogen and oxygen atoms in total. The fourth-order valence-electron chi connectivity index (χ4n) is 4.22. The first-order valence-corrected chi connectivity index (χ1v) is 15.0. The van der Waals surface area contributed by atoms with Crippen molar-refractivity contribution >= 4 is 81.8 Å². The summed E-state index contributed by atoms with van der Waals surface area (Å²) < 4.78 is 17.0. The molecule has 0 spiro atoms. The second-order valence-electron chi connectivity index (χ2n) is 9.25. The van der Waals surface area contributed by atoms with Gasteiger partial charge in [0.25, 0.3) is 5.91 Å². The maximum absolute atomic E-state index is 12.8. The van der Waals surface area contributed by atoms with E-state index in [9.17, 15) is 9.59 Å². The van der Waals surface area contributed by atoms with Crippen molar-refractivity contribution in [1.29, 1.82) is 0 Å². The number of esters is 1. The van der Waals surface area contributed by atoms with Gasteiger partial charge in [0.15, 0.2) is 11.7 Å². The van der Waals surface area contributed by atoms with E-state index in [1.807, 2.05) is 0 Å². The number of amides is 1. The van der Waals surface area contributed by atoms with Gasteiger partial charge in [0.2, 0.25) is 0 Å². The van der Waals surface area contributed by atoms with Gasteiger partial charge in [-0.25, -0.2) is 10.2 Å². The average Bonchev–Trinajstić information content (AvgIpc) is 2.97. The van der Waals surface area contributed by atoms with E-state index < -0.39 is 17.9 Å². The predicted octanol–water partition coefficient (Wildman–Crippen LogP) is 6.76. The summed E-state index contributed by atoms with van der Waals surface area (Å²) in [6, 6.07) is 14.6. The molecule has 14 heteroatoms. The summed E-state index contributed by atoms with van der Waals surface area (Å²) in [7, 11) is 0. The molecule has 0 radical (unpaired) electrons. The van der Waals surface area contributed by atoms with Gasteiger partial charge in [-0.2, -0.15) is 5.10 Å². The Bertz CT molecular complexity index is 1650. The lowest BCUT2D eigenvalue weighted by molar-refractivity contribution is -0.139. The Morgan fingerprint density at radius 1 is 1.02 bits per heavy atom. The SMILES string of the molecule is CCOC(=O)C1=C(C)NC(=S)N[C@@H]1c1ccccc1OCC(=O)NN=Cc1cc(Cl)cc(Cl)c1OCc1ccc(Cl)c(Cl)c1. The lowest BCUT2D eigenvalue weighted by Gasteiger charge is -2.30. The van der Waals surface area contributed by atoms with Gasteiger partial charge >= 0.3 is 5.97 Å². The minimum absolute atomic E-state index is 0.141. The van der Waals surface area contributed by atoms with Crippen LogP contribution in [0.25, 0.3) is 0 Å². The molecule has 1 aliphatic heterocycles. The molecular formula is C30H26Cl4N4O5S. The summed E-state index contributed by atoms with van der Waals surface area (Å²) in [5.74, 6) is -0.379. The molecule has 0 fully saturated rings. The number of ether oxygens (including phenoxy) is 3. The van der Waals surface area contributed by atoms with E-state index in [0.717, 1.165) is 5.56 Å².